The number of hydrogen-bond donors (Lipinski definition) is 1. The van der Waals surface area contributed by atoms with Crippen LogP contribution < -0.4 is 10.2 Å². The van der Waals surface area contributed by atoms with Crippen LogP contribution in [0.4, 0.5) is 18.9 Å². The number of ether oxygens (including phenoxy) is 1. The van der Waals surface area contributed by atoms with Crippen LogP contribution in [0.3, 0.4) is 0 Å². The van der Waals surface area contributed by atoms with Crippen molar-refractivity contribution in [2.75, 3.05) is 43.9 Å². The number of rotatable bonds is 10. The number of carbonyl (C=O) groups is 1. The second kappa shape index (κ2) is 12.8. The molecular formula is C27H33F3N4O4S. The summed E-state index contributed by atoms with van der Waals surface area (Å²) in [7, 11) is -3.22. The van der Waals surface area contributed by atoms with Crippen molar-refractivity contribution in [3.05, 3.63) is 54.1 Å². The first-order valence-corrected chi connectivity index (χ1v) is 14.4. The van der Waals surface area contributed by atoms with Crippen molar-refractivity contribution in [3.8, 4) is 17.2 Å². The van der Waals surface area contributed by atoms with Crippen molar-refractivity contribution < 1.29 is 31.1 Å². The van der Waals surface area contributed by atoms with E-state index in [1.165, 1.54) is 22.7 Å². The molecule has 2 aromatic rings. The molecule has 1 N–H and O–H groups in total. The third-order valence-electron chi connectivity index (χ3n) is 6.40. The minimum atomic E-state index is -4.75. The lowest BCUT2D eigenvalue weighted by Crippen LogP contribution is -2.48. The Morgan fingerprint density at radius 3 is 2.03 bits per heavy atom. The van der Waals surface area contributed by atoms with E-state index in [9.17, 15) is 26.4 Å². The second-order valence-corrected chi connectivity index (χ2v) is 11.9. The molecule has 8 nitrogen and oxygen atoms in total. The van der Waals surface area contributed by atoms with E-state index < -0.39 is 34.3 Å². The van der Waals surface area contributed by atoms with Gasteiger partial charge in [0.05, 0.1) is 12.3 Å². The van der Waals surface area contributed by atoms with Gasteiger partial charge in [0.25, 0.3) is 0 Å². The van der Waals surface area contributed by atoms with Crippen LogP contribution in [0.15, 0.2) is 48.5 Å². The van der Waals surface area contributed by atoms with Crippen molar-refractivity contribution in [2.45, 2.75) is 38.7 Å². The monoisotopic (exact) mass is 566 g/mol. The predicted octanol–water partition coefficient (Wildman–Crippen LogP) is 4.11. The predicted molar refractivity (Wildman–Crippen MR) is 142 cm³/mol. The summed E-state index contributed by atoms with van der Waals surface area (Å²) in [5.74, 6) is -0.862. The summed E-state index contributed by atoms with van der Waals surface area (Å²) in [5, 5.41) is 11.0. The number of hydrogen-bond acceptors (Lipinski definition) is 6. The van der Waals surface area contributed by atoms with Gasteiger partial charge in [-0.2, -0.15) is 22.7 Å². The molecule has 0 bridgehead atoms. The number of carbonyl (C=O) groups excluding carboxylic acids is 1. The molecule has 12 heteroatoms. The van der Waals surface area contributed by atoms with Gasteiger partial charge in [-0.1, -0.05) is 50.2 Å². The Balaban J connectivity index is 1.74. The Labute approximate surface area is 227 Å². The van der Waals surface area contributed by atoms with Gasteiger partial charge in [-0.05, 0) is 41.2 Å². The maximum Gasteiger partial charge on any atom is 0.418 e. The molecule has 1 saturated heterocycles. The number of nitriles is 1. The van der Waals surface area contributed by atoms with E-state index in [0.29, 0.717) is 31.7 Å². The normalized spacial score (nSPS) is 16.5. The lowest BCUT2D eigenvalue weighted by Gasteiger charge is -2.34. The molecule has 2 aromatic carbocycles. The molecular weight excluding hydrogens is 533 g/mol. The Morgan fingerprint density at radius 1 is 1.03 bits per heavy atom. The van der Waals surface area contributed by atoms with Crippen LogP contribution in [0.5, 0.6) is 0 Å². The second-order valence-electron chi connectivity index (χ2n) is 9.87. The van der Waals surface area contributed by atoms with E-state index in [-0.39, 0.29) is 24.4 Å². The number of nitrogens with zero attached hydrogens (tertiary/aromatic N) is 3. The number of sulfonamides is 1. The minimum Gasteiger partial charge on any atom is -0.369 e. The Kier molecular flexibility index (Phi) is 9.98. The summed E-state index contributed by atoms with van der Waals surface area (Å²) >= 11 is 0. The first-order valence-electron chi connectivity index (χ1n) is 12.6. The van der Waals surface area contributed by atoms with Crippen LogP contribution >= 0.6 is 0 Å². The molecule has 2 atom stereocenters. The van der Waals surface area contributed by atoms with Gasteiger partial charge in [0.2, 0.25) is 15.9 Å². The molecule has 0 radical (unpaired) electrons. The number of amides is 1. The molecule has 212 valence electrons. The summed E-state index contributed by atoms with van der Waals surface area (Å²) < 4.78 is 72.2. The van der Waals surface area contributed by atoms with Gasteiger partial charge in [0.15, 0.2) is 6.10 Å². The van der Waals surface area contributed by atoms with Gasteiger partial charge in [-0.15, -0.1) is 0 Å². The molecule has 1 aliphatic rings. The van der Waals surface area contributed by atoms with Gasteiger partial charge in [-0.3, -0.25) is 4.79 Å². The number of piperazine rings is 1. The number of anilines is 1. The molecule has 0 aliphatic carbocycles. The number of alkyl halides is 3. The van der Waals surface area contributed by atoms with Crippen LogP contribution in [0, 0.1) is 17.2 Å². The number of halogens is 3. The highest BCUT2D eigenvalue weighted by molar-refractivity contribution is 7.88. The molecule has 2 unspecified atom stereocenters. The van der Waals surface area contributed by atoms with Gasteiger partial charge in [0.1, 0.15) is 12.6 Å². The van der Waals surface area contributed by atoms with E-state index in [0.717, 1.165) is 11.3 Å². The van der Waals surface area contributed by atoms with Crippen molar-refractivity contribution in [3.63, 3.8) is 0 Å². The summed E-state index contributed by atoms with van der Waals surface area (Å²) in [6.45, 7) is 5.15. The summed E-state index contributed by atoms with van der Waals surface area (Å²) in [4.78, 5) is 14.5. The summed E-state index contributed by atoms with van der Waals surface area (Å²) in [6, 6.07) is 15.1. The average Bonchev–Trinajstić information content (AvgIpc) is 2.88. The Morgan fingerprint density at radius 2 is 1.56 bits per heavy atom. The topological polar surface area (TPSA) is 103 Å². The van der Waals surface area contributed by atoms with E-state index >= 15 is 0 Å². The van der Waals surface area contributed by atoms with Crippen LogP contribution in [0.2, 0.25) is 0 Å². The largest absolute Gasteiger partial charge is 0.418 e. The van der Waals surface area contributed by atoms with E-state index in [2.05, 4.69) is 10.2 Å². The van der Waals surface area contributed by atoms with Crippen molar-refractivity contribution in [1.29, 1.82) is 5.26 Å². The van der Waals surface area contributed by atoms with Gasteiger partial charge < -0.3 is 15.0 Å². The number of benzene rings is 2. The Bertz CT molecular complexity index is 1250. The van der Waals surface area contributed by atoms with Crippen LogP contribution in [0.1, 0.15) is 31.9 Å². The van der Waals surface area contributed by atoms with Crippen LogP contribution in [-0.4, -0.2) is 69.9 Å². The highest BCUT2D eigenvalue weighted by atomic mass is 32.2. The van der Waals surface area contributed by atoms with Crippen LogP contribution in [0.25, 0.3) is 11.1 Å². The summed E-state index contributed by atoms with van der Waals surface area (Å²) in [5.41, 5.74) is 2.31. The molecule has 1 aliphatic heterocycles. The standard InChI is InChI=1S/C27H33F3N4O4S/c1-19(2)18-24(26(35)32-13-12-31)38-25(27(28,29)30)22-6-4-20(5-7-22)21-8-10-23(11-9-21)33-14-16-34(17-15-33)39(3,36)37/h4-11,19,24-25H,13-18H2,1-3H3,(H,32,35). The fourth-order valence-corrected chi connectivity index (χ4v) is 5.22. The molecule has 3 rings (SSSR count). The lowest BCUT2D eigenvalue weighted by molar-refractivity contribution is -0.236. The zero-order chi connectivity index (χ0) is 28.8. The third-order valence-corrected chi connectivity index (χ3v) is 7.71. The quantitative estimate of drug-likeness (QED) is 0.435. The first-order chi connectivity index (χ1) is 18.3. The molecule has 1 fully saturated rings. The fraction of sp³-hybridized carbons (Fsp3) is 0.481. The SMILES string of the molecule is CC(C)CC(OC(c1ccc(-c2ccc(N3CCN(S(C)(=O)=O)CC3)cc2)cc1)C(F)(F)F)C(=O)NCC#N. The maximum absolute atomic E-state index is 14.0. The van der Waals surface area contributed by atoms with E-state index in [4.69, 9.17) is 10.00 Å². The smallest absolute Gasteiger partial charge is 0.369 e. The van der Waals surface area contributed by atoms with Gasteiger partial charge >= 0.3 is 6.18 Å². The first kappa shape index (κ1) is 30.4. The molecule has 1 heterocycles. The highest BCUT2D eigenvalue weighted by Gasteiger charge is 2.44. The third kappa shape index (κ3) is 8.42. The van der Waals surface area contributed by atoms with Crippen molar-refractivity contribution >= 4 is 21.6 Å². The molecule has 0 spiro atoms. The average molecular weight is 567 g/mol. The van der Waals surface area contributed by atoms with E-state index in [1.807, 2.05) is 24.3 Å². The molecule has 39 heavy (non-hydrogen) atoms. The lowest BCUT2D eigenvalue weighted by atomic mass is 10.0. The zero-order valence-electron chi connectivity index (χ0n) is 22.1. The van der Waals surface area contributed by atoms with Gasteiger partial charge in [-0.25, -0.2) is 8.42 Å². The minimum absolute atomic E-state index is 0.0670. The molecule has 0 saturated carbocycles. The Hall–Kier alpha value is -3.14. The summed E-state index contributed by atoms with van der Waals surface area (Å²) in [6.07, 6.45) is -7.16. The maximum atomic E-state index is 14.0. The van der Waals surface area contributed by atoms with E-state index in [1.54, 1.807) is 32.0 Å². The number of nitrogens with one attached hydrogen (secondary N) is 1. The van der Waals surface area contributed by atoms with Crippen molar-refractivity contribution in [1.82, 2.24) is 9.62 Å². The fourth-order valence-electron chi connectivity index (χ4n) is 4.39. The highest BCUT2D eigenvalue weighted by Crippen LogP contribution is 2.38. The molecule has 1 amide bonds. The van der Waals surface area contributed by atoms with Gasteiger partial charge in [0, 0.05) is 31.9 Å². The van der Waals surface area contributed by atoms with Crippen LogP contribution in [-0.2, 0) is 19.6 Å². The molecule has 0 aromatic heterocycles. The zero-order valence-corrected chi connectivity index (χ0v) is 22.9. The van der Waals surface area contributed by atoms with Crippen molar-refractivity contribution in [2.24, 2.45) is 5.92 Å².